The molecule has 1 heterocycles. The number of anilines is 2. The second kappa shape index (κ2) is 9.25. The van der Waals surface area contributed by atoms with E-state index in [1.807, 2.05) is 6.07 Å². The van der Waals surface area contributed by atoms with Crippen LogP contribution in [0.5, 0.6) is 0 Å². The summed E-state index contributed by atoms with van der Waals surface area (Å²) in [5.74, 6) is -0.178. The van der Waals surface area contributed by atoms with Gasteiger partial charge in [0.15, 0.2) is 0 Å². The Labute approximate surface area is 183 Å². The molecule has 0 aliphatic carbocycles. The number of benzene rings is 2. The van der Waals surface area contributed by atoms with Gasteiger partial charge in [-0.3, -0.25) is 9.10 Å². The molecule has 168 valence electrons. The molecule has 31 heavy (non-hydrogen) atoms. The van der Waals surface area contributed by atoms with E-state index in [1.54, 1.807) is 41.3 Å². The first-order valence-corrected chi connectivity index (χ1v) is 13.0. The number of amides is 1. The molecule has 3 rings (SSSR count). The highest BCUT2D eigenvalue weighted by Gasteiger charge is 2.26. The van der Waals surface area contributed by atoms with Crippen LogP contribution in [-0.4, -0.2) is 78.0 Å². The van der Waals surface area contributed by atoms with Crippen molar-refractivity contribution < 1.29 is 21.6 Å². The van der Waals surface area contributed by atoms with Gasteiger partial charge in [0, 0.05) is 38.9 Å². The molecule has 1 aliphatic rings. The van der Waals surface area contributed by atoms with Crippen LogP contribution in [0.2, 0.25) is 0 Å². The number of carbonyl (C=O) groups excluding carboxylic acids is 1. The lowest BCUT2D eigenvalue weighted by molar-refractivity contribution is -0.130. The fraction of sp³-hybridized carbons (Fsp3) is 0.350. The van der Waals surface area contributed by atoms with Gasteiger partial charge in [-0.2, -0.15) is 4.31 Å². The Morgan fingerprint density at radius 2 is 1.61 bits per heavy atom. The summed E-state index contributed by atoms with van der Waals surface area (Å²) in [6.45, 7) is 1.17. The van der Waals surface area contributed by atoms with E-state index in [-0.39, 0.29) is 30.4 Å². The van der Waals surface area contributed by atoms with E-state index in [9.17, 15) is 21.6 Å². The van der Waals surface area contributed by atoms with Crippen LogP contribution in [-0.2, 0) is 24.8 Å². The molecule has 2 aromatic rings. The Hall–Kier alpha value is -2.63. The van der Waals surface area contributed by atoms with E-state index in [4.69, 9.17) is 0 Å². The van der Waals surface area contributed by atoms with Crippen molar-refractivity contribution in [2.45, 2.75) is 4.90 Å². The fourth-order valence-electron chi connectivity index (χ4n) is 3.26. The summed E-state index contributed by atoms with van der Waals surface area (Å²) in [4.78, 5) is 14.2. The summed E-state index contributed by atoms with van der Waals surface area (Å²) in [5.41, 5.74) is 1.05. The molecule has 1 aliphatic heterocycles. The molecule has 9 nitrogen and oxygen atoms in total. The number of nitrogens with one attached hydrogen (secondary N) is 1. The zero-order chi connectivity index (χ0) is 22.6. The van der Waals surface area contributed by atoms with Crippen molar-refractivity contribution in [2.24, 2.45) is 0 Å². The predicted octanol–water partition coefficient (Wildman–Crippen LogP) is 1.03. The molecule has 1 saturated heterocycles. The van der Waals surface area contributed by atoms with Crippen molar-refractivity contribution in [3.05, 3.63) is 54.6 Å². The molecular weight excluding hydrogens is 440 g/mol. The van der Waals surface area contributed by atoms with Crippen molar-refractivity contribution in [1.82, 2.24) is 9.21 Å². The standard InChI is InChI=1S/C20H26N4O5S2/c1-22(18-8-4-3-5-9-18)31(28,29)19-10-6-7-17(15-19)21-16-20(25)23-11-13-24(14-12-23)30(2,26)27/h3-10,15,21H,11-14,16H2,1-2H3. The van der Waals surface area contributed by atoms with Gasteiger partial charge in [0.05, 0.1) is 23.4 Å². The van der Waals surface area contributed by atoms with Crippen molar-refractivity contribution >= 4 is 37.3 Å². The highest BCUT2D eigenvalue weighted by atomic mass is 32.2. The van der Waals surface area contributed by atoms with Crippen molar-refractivity contribution in [2.75, 3.05) is 55.6 Å². The third-order valence-electron chi connectivity index (χ3n) is 5.12. The number of hydrogen-bond donors (Lipinski definition) is 1. The minimum Gasteiger partial charge on any atom is -0.376 e. The number of piperazine rings is 1. The highest BCUT2D eigenvalue weighted by Crippen LogP contribution is 2.23. The molecule has 0 atom stereocenters. The van der Waals surface area contributed by atoms with E-state index in [1.165, 1.54) is 27.8 Å². The Morgan fingerprint density at radius 1 is 0.968 bits per heavy atom. The normalized spacial score (nSPS) is 15.5. The van der Waals surface area contributed by atoms with Crippen LogP contribution in [0.25, 0.3) is 0 Å². The lowest BCUT2D eigenvalue weighted by atomic mass is 10.3. The van der Waals surface area contributed by atoms with Crippen LogP contribution >= 0.6 is 0 Å². The average Bonchev–Trinajstić information content (AvgIpc) is 2.77. The number of rotatable bonds is 7. The third-order valence-corrected chi connectivity index (χ3v) is 8.20. The Balaban J connectivity index is 1.63. The van der Waals surface area contributed by atoms with Crippen molar-refractivity contribution in [3.63, 3.8) is 0 Å². The van der Waals surface area contributed by atoms with Gasteiger partial charge >= 0.3 is 0 Å². The summed E-state index contributed by atoms with van der Waals surface area (Å²) in [5, 5.41) is 2.97. The number of para-hydroxylation sites is 1. The summed E-state index contributed by atoms with van der Waals surface area (Å²) in [7, 11) is -5.52. The van der Waals surface area contributed by atoms with Gasteiger partial charge in [-0.05, 0) is 30.3 Å². The van der Waals surface area contributed by atoms with Crippen LogP contribution in [0.1, 0.15) is 0 Å². The number of sulfonamides is 2. The van der Waals surface area contributed by atoms with Crippen LogP contribution in [0.15, 0.2) is 59.5 Å². The fourth-order valence-corrected chi connectivity index (χ4v) is 5.33. The molecule has 0 bridgehead atoms. The van der Waals surface area contributed by atoms with Gasteiger partial charge < -0.3 is 10.2 Å². The summed E-state index contributed by atoms with van der Waals surface area (Å²) in [6, 6.07) is 15.1. The molecule has 11 heteroatoms. The first-order valence-electron chi connectivity index (χ1n) is 9.70. The Morgan fingerprint density at radius 3 is 2.23 bits per heavy atom. The summed E-state index contributed by atoms with van der Waals surface area (Å²) in [6.07, 6.45) is 1.16. The number of carbonyl (C=O) groups is 1. The van der Waals surface area contributed by atoms with E-state index < -0.39 is 20.0 Å². The zero-order valence-electron chi connectivity index (χ0n) is 17.4. The van der Waals surface area contributed by atoms with Gasteiger partial charge in [0.25, 0.3) is 10.0 Å². The summed E-state index contributed by atoms with van der Waals surface area (Å²) >= 11 is 0. The lowest BCUT2D eigenvalue weighted by Crippen LogP contribution is -2.51. The van der Waals surface area contributed by atoms with Crippen LogP contribution < -0.4 is 9.62 Å². The number of nitrogens with zero attached hydrogens (tertiary/aromatic N) is 3. The largest absolute Gasteiger partial charge is 0.376 e. The van der Waals surface area contributed by atoms with Crippen LogP contribution in [0.4, 0.5) is 11.4 Å². The van der Waals surface area contributed by atoms with Gasteiger partial charge in [0.2, 0.25) is 15.9 Å². The van der Waals surface area contributed by atoms with Crippen molar-refractivity contribution in [3.8, 4) is 0 Å². The zero-order valence-corrected chi connectivity index (χ0v) is 19.1. The maximum atomic E-state index is 13.0. The van der Waals surface area contributed by atoms with Crippen molar-refractivity contribution in [1.29, 1.82) is 0 Å². The molecule has 1 amide bonds. The van der Waals surface area contributed by atoms with Gasteiger partial charge in [-0.1, -0.05) is 24.3 Å². The molecule has 0 saturated carbocycles. The highest BCUT2D eigenvalue weighted by molar-refractivity contribution is 7.92. The molecule has 2 aromatic carbocycles. The van der Waals surface area contributed by atoms with Crippen LogP contribution in [0.3, 0.4) is 0 Å². The monoisotopic (exact) mass is 466 g/mol. The smallest absolute Gasteiger partial charge is 0.264 e. The van der Waals surface area contributed by atoms with Gasteiger partial charge in [-0.15, -0.1) is 0 Å². The van der Waals surface area contributed by atoms with Gasteiger partial charge in [-0.25, -0.2) is 16.8 Å². The average molecular weight is 467 g/mol. The molecule has 0 unspecified atom stereocenters. The van der Waals surface area contributed by atoms with E-state index in [2.05, 4.69) is 5.32 Å². The maximum Gasteiger partial charge on any atom is 0.264 e. The minimum atomic E-state index is -3.76. The minimum absolute atomic E-state index is 0.0170. The molecule has 1 fully saturated rings. The Kier molecular flexibility index (Phi) is 6.87. The molecule has 0 spiro atoms. The lowest BCUT2D eigenvalue weighted by Gasteiger charge is -2.33. The Bertz CT molecular complexity index is 1130. The quantitative estimate of drug-likeness (QED) is 0.653. The first kappa shape index (κ1) is 23.0. The molecule has 0 aromatic heterocycles. The number of hydrogen-bond acceptors (Lipinski definition) is 6. The molecule has 0 radical (unpaired) electrons. The third kappa shape index (κ3) is 5.54. The SMILES string of the molecule is CN(c1ccccc1)S(=O)(=O)c1cccc(NCC(=O)N2CCN(S(C)(=O)=O)CC2)c1. The predicted molar refractivity (Wildman–Crippen MR) is 120 cm³/mol. The summed E-state index contributed by atoms with van der Waals surface area (Å²) < 4.78 is 51.6. The molecule has 1 N–H and O–H groups in total. The topological polar surface area (TPSA) is 107 Å². The van der Waals surface area contributed by atoms with E-state index >= 15 is 0 Å². The van der Waals surface area contributed by atoms with Crippen LogP contribution in [0, 0.1) is 0 Å². The molecular formula is C20H26N4O5S2. The maximum absolute atomic E-state index is 13.0. The second-order valence-corrected chi connectivity index (χ2v) is 11.2. The van der Waals surface area contributed by atoms with E-state index in [0.717, 1.165) is 6.26 Å². The first-order chi connectivity index (χ1) is 14.6. The van der Waals surface area contributed by atoms with E-state index in [0.29, 0.717) is 24.5 Å². The second-order valence-electron chi connectivity index (χ2n) is 7.23. The van der Waals surface area contributed by atoms with Gasteiger partial charge in [0.1, 0.15) is 0 Å².